The second-order valence-corrected chi connectivity index (χ2v) is 6.84. The molecule has 3 nitrogen and oxygen atoms in total. The zero-order valence-electron chi connectivity index (χ0n) is 12.1. The molecule has 1 aromatic heterocycles. The minimum Gasteiger partial charge on any atom is -0.391 e. The van der Waals surface area contributed by atoms with Gasteiger partial charge in [0.05, 0.1) is 11.0 Å². The summed E-state index contributed by atoms with van der Waals surface area (Å²) >= 11 is 1.38. The van der Waals surface area contributed by atoms with Crippen molar-refractivity contribution >= 4 is 27.3 Å². The lowest BCUT2D eigenvalue weighted by Crippen LogP contribution is -2.35. The van der Waals surface area contributed by atoms with Gasteiger partial charge in [0.15, 0.2) is 0 Å². The predicted molar refractivity (Wildman–Crippen MR) is 82.2 cm³/mol. The summed E-state index contributed by atoms with van der Waals surface area (Å²) in [7, 11) is 1.71. The van der Waals surface area contributed by atoms with E-state index in [0.29, 0.717) is 17.3 Å². The van der Waals surface area contributed by atoms with E-state index in [9.17, 15) is 14.3 Å². The van der Waals surface area contributed by atoms with Crippen LogP contribution in [0, 0.1) is 18.7 Å². The molecule has 21 heavy (non-hydrogen) atoms. The number of hydrogen-bond donors (Lipinski definition) is 1. The molecule has 0 bridgehead atoms. The molecule has 3 rings (SSSR count). The Kier molecular flexibility index (Phi) is 3.71. The molecule has 0 aliphatic heterocycles. The van der Waals surface area contributed by atoms with E-state index in [2.05, 4.69) is 0 Å². The van der Waals surface area contributed by atoms with Gasteiger partial charge in [-0.15, -0.1) is 11.3 Å². The van der Waals surface area contributed by atoms with Gasteiger partial charge in [0.2, 0.25) is 0 Å². The Balaban J connectivity index is 1.85. The summed E-state index contributed by atoms with van der Waals surface area (Å²) in [5.41, 5.74) is 0.812. The van der Waals surface area contributed by atoms with E-state index in [-0.39, 0.29) is 11.7 Å². The fourth-order valence-corrected chi connectivity index (χ4v) is 3.75. The number of halogens is 1. The smallest absolute Gasteiger partial charge is 0.264 e. The highest BCUT2D eigenvalue weighted by Gasteiger charge is 2.31. The number of amides is 1. The molecule has 0 radical (unpaired) electrons. The van der Waals surface area contributed by atoms with E-state index in [4.69, 9.17) is 0 Å². The molecule has 1 fully saturated rings. The van der Waals surface area contributed by atoms with Crippen LogP contribution in [-0.4, -0.2) is 35.6 Å². The van der Waals surface area contributed by atoms with Gasteiger partial charge in [-0.3, -0.25) is 4.79 Å². The minimum atomic E-state index is -0.439. The van der Waals surface area contributed by atoms with Gasteiger partial charge < -0.3 is 10.0 Å². The molecule has 1 atom stereocenters. The van der Waals surface area contributed by atoms with Gasteiger partial charge in [0.1, 0.15) is 5.82 Å². The molecule has 1 heterocycles. The number of aliphatic hydroxyl groups is 1. The van der Waals surface area contributed by atoms with Crippen LogP contribution in [-0.2, 0) is 0 Å². The Morgan fingerprint density at radius 2 is 2.24 bits per heavy atom. The van der Waals surface area contributed by atoms with Gasteiger partial charge >= 0.3 is 0 Å². The highest BCUT2D eigenvalue weighted by Crippen LogP contribution is 2.34. The van der Waals surface area contributed by atoms with Crippen LogP contribution < -0.4 is 0 Å². The van der Waals surface area contributed by atoms with E-state index in [1.54, 1.807) is 18.0 Å². The summed E-state index contributed by atoms with van der Waals surface area (Å²) < 4.78 is 14.2. The molecular formula is C16H18FNO2S. The molecule has 1 N–H and O–H groups in total. The largest absolute Gasteiger partial charge is 0.391 e. The molecule has 1 aliphatic carbocycles. The van der Waals surface area contributed by atoms with Crippen molar-refractivity contribution in [1.29, 1.82) is 0 Å². The fraction of sp³-hybridized carbons (Fsp3) is 0.438. The van der Waals surface area contributed by atoms with Gasteiger partial charge in [-0.05, 0) is 54.8 Å². The van der Waals surface area contributed by atoms with Crippen LogP contribution in [0.3, 0.4) is 0 Å². The van der Waals surface area contributed by atoms with Crippen LogP contribution in [0.25, 0.3) is 10.1 Å². The molecular weight excluding hydrogens is 289 g/mol. The van der Waals surface area contributed by atoms with Crippen molar-refractivity contribution in [2.75, 3.05) is 13.6 Å². The summed E-state index contributed by atoms with van der Waals surface area (Å²) in [4.78, 5) is 14.7. The normalized spacial score (nSPS) is 16.2. The van der Waals surface area contributed by atoms with Crippen LogP contribution in [0.15, 0.2) is 18.2 Å². The number of carbonyl (C=O) groups is 1. The van der Waals surface area contributed by atoms with E-state index >= 15 is 0 Å². The van der Waals surface area contributed by atoms with Gasteiger partial charge in [-0.25, -0.2) is 4.39 Å². The average Bonchev–Trinajstić information content (AvgIpc) is 3.24. The minimum absolute atomic E-state index is 0.103. The van der Waals surface area contributed by atoms with Crippen molar-refractivity contribution in [2.24, 2.45) is 5.92 Å². The Labute approximate surface area is 127 Å². The number of rotatable bonds is 4. The van der Waals surface area contributed by atoms with Gasteiger partial charge in [0.25, 0.3) is 5.91 Å². The van der Waals surface area contributed by atoms with Crippen molar-refractivity contribution in [2.45, 2.75) is 25.9 Å². The molecule has 1 aliphatic rings. The van der Waals surface area contributed by atoms with Gasteiger partial charge in [0, 0.05) is 18.3 Å². The Morgan fingerprint density at radius 3 is 2.90 bits per heavy atom. The maximum atomic E-state index is 13.3. The monoisotopic (exact) mass is 307 g/mol. The highest BCUT2D eigenvalue weighted by molar-refractivity contribution is 7.21. The quantitative estimate of drug-likeness (QED) is 0.942. The van der Waals surface area contributed by atoms with Crippen LogP contribution in [0.2, 0.25) is 0 Å². The first-order chi connectivity index (χ1) is 9.97. The Bertz CT molecular complexity index is 693. The van der Waals surface area contributed by atoms with Gasteiger partial charge in [-0.1, -0.05) is 0 Å². The zero-order valence-corrected chi connectivity index (χ0v) is 12.9. The number of likely N-dealkylation sites (N-methyl/N-ethyl adjacent to an activating group) is 1. The standard InChI is InChI=1S/C16H18FNO2S/c1-9-12-7-11(17)5-6-14(12)21-15(9)16(20)18(2)8-13(19)10-3-4-10/h5-7,10,13,19H,3-4,8H2,1-2H3. The molecule has 5 heteroatoms. The van der Waals surface area contributed by atoms with E-state index < -0.39 is 6.10 Å². The lowest BCUT2D eigenvalue weighted by atomic mass is 10.1. The molecule has 0 spiro atoms. The second-order valence-electron chi connectivity index (χ2n) is 5.79. The summed E-state index contributed by atoms with van der Waals surface area (Å²) in [5.74, 6) is -0.0495. The molecule has 112 valence electrons. The van der Waals surface area contributed by atoms with Crippen molar-refractivity contribution < 1.29 is 14.3 Å². The number of aryl methyl sites for hydroxylation is 1. The maximum absolute atomic E-state index is 13.3. The predicted octanol–water partition coefficient (Wildman–Crippen LogP) is 3.19. The molecule has 1 saturated carbocycles. The lowest BCUT2D eigenvalue weighted by molar-refractivity contribution is 0.0649. The number of thiophene rings is 1. The third-order valence-electron chi connectivity index (χ3n) is 4.07. The van der Waals surface area contributed by atoms with Crippen molar-refractivity contribution in [3.8, 4) is 0 Å². The van der Waals surface area contributed by atoms with E-state index in [1.807, 2.05) is 6.92 Å². The molecule has 1 aromatic carbocycles. The number of fused-ring (bicyclic) bond motifs is 1. The lowest BCUT2D eigenvalue weighted by Gasteiger charge is -2.20. The summed E-state index contributed by atoms with van der Waals surface area (Å²) in [6.45, 7) is 2.20. The highest BCUT2D eigenvalue weighted by atomic mass is 32.1. The first kappa shape index (κ1) is 14.5. The molecule has 1 amide bonds. The number of nitrogens with zero attached hydrogens (tertiary/aromatic N) is 1. The van der Waals surface area contributed by atoms with E-state index in [1.165, 1.54) is 23.5 Å². The molecule has 1 unspecified atom stereocenters. The number of benzene rings is 1. The van der Waals surface area contributed by atoms with Crippen molar-refractivity contribution in [3.63, 3.8) is 0 Å². The Morgan fingerprint density at radius 1 is 1.52 bits per heavy atom. The summed E-state index contributed by atoms with van der Waals surface area (Å²) in [6.07, 6.45) is 1.65. The van der Waals surface area contributed by atoms with Crippen molar-refractivity contribution in [3.05, 3.63) is 34.5 Å². The first-order valence-corrected chi connectivity index (χ1v) is 7.91. The average molecular weight is 307 g/mol. The number of carbonyl (C=O) groups excluding carboxylic acids is 1. The summed E-state index contributed by atoms with van der Waals surface area (Å²) in [6, 6.07) is 4.59. The fourth-order valence-electron chi connectivity index (χ4n) is 2.56. The Hall–Kier alpha value is -1.46. The number of hydrogen-bond acceptors (Lipinski definition) is 3. The van der Waals surface area contributed by atoms with Crippen LogP contribution in [0.4, 0.5) is 4.39 Å². The maximum Gasteiger partial charge on any atom is 0.264 e. The third-order valence-corrected chi connectivity index (χ3v) is 5.33. The third kappa shape index (κ3) is 2.80. The molecule has 0 saturated heterocycles. The van der Waals surface area contributed by atoms with Crippen LogP contribution in [0.5, 0.6) is 0 Å². The topological polar surface area (TPSA) is 40.5 Å². The first-order valence-electron chi connectivity index (χ1n) is 7.09. The summed E-state index contributed by atoms with van der Waals surface area (Å²) in [5, 5.41) is 10.8. The SMILES string of the molecule is Cc1c(C(=O)N(C)CC(O)C2CC2)sc2ccc(F)cc12. The van der Waals surface area contributed by atoms with Gasteiger partial charge in [-0.2, -0.15) is 0 Å². The van der Waals surface area contributed by atoms with E-state index in [0.717, 1.165) is 28.5 Å². The zero-order chi connectivity index (χ0) is 15.1. The molecule has 2 aromatic rings. The second kappa shape index (κ2) is 5.39. The van der Waals surface area contributed by atoms with Crippen molar-refractivity contribution in [1.82, 2.24) is 4.90 Å². The van der Waals surface area contributed by atoms with Crippen LogP contribution >= 0.6 is 11.3 Å². The number of aliphatic hydroxyl groups excluding tert-OH is 1. The van der Waals surface area contributed by atoms with Crippen LogP contribution in [0.1, 0.15) is 28.1 Å².